The van der Waals surface area contributed by atoms with Gasteiger partial charge in [-0.15, -0.1) is 0 Å². The standard InChI is InChI=1S/C17H23N3O3/c1-11-6-7-20(15(8-11)16-5-4-12(2)22-16)17(21)18-10-14-9-13(3)23-19-14/h4-5,9,11,15H,6-8,10H2,1-3H3,(H,18,21)/t11-,15-/m0/s1. The van der Waals surface area contributed by atoms with Gasteiger partial charge in [0.05, 0.1) is 12.6 Å². The van der Waals surface area contributed by atoms with Gasteiger partial charge in [0, 0.05) is 12.6 Å². The number of aromatic nitrogens is 1. The molecular weight excluding hydrogens is 294 g/mol. The summed E-state index contributed by atoms with van der Waals surface area (Å²) in [6, 6.07) is 5.65. The van der Waals surface area contributed by atoms with Crippen molar-refractivity contribution < 1.29 is 13.7 Å². The SMILES string of the molecule is Cc1cc(CNC(=O)N2CC[C@H](C)C[C@H]2c2ccc(C)o2)no1. The Morgan fingerprint density at radius 3 is 2.87 bits per heavy atom. The summed E-state index contributed by atoms with van der Waals surface area (Å²) in [5.74, 6) is 3.05. The molecule has 0 spiro atoms. The highest BCUT2D eigenvalue weighted by Gasteiger charge is 2.32. The highest BCUT2D eigenvalue weighted by molar-refractivity contribution is 5.74. The number of amides is 2. The van der Waals surface area contributed by atoms with Crippen LogP contribution in [0.1, 0.15) is 48.8 Å². The fourth-order valence-electron chi connectivity index (χ4n) is 3.06. The van der Waals surface area contributed by atoms with Crippen molar-refractivity contribution in [1.29, 1.82) is 0 Å². The van der Waals surface area contributed by atoms with Crippen molar-refractivity contribution in [3.8, 4) is 0 Å². The first-order valence-corrected chi connectivity index (χ1v) is 8.06. The highest BCUT2D eigenvalue weighted by atomic mass is 16.5. The number of furan rings is 1. The number of hydrogen-bond donors (Lipinski definition) is 1. The first kappa shape index (κ1) is 15.6. The van der Waals surface area contributed by atoms with E-state index in [-0.39, 0.29) is 12.1 Å². The van der Waals surface area contributed by atoms with Crippen LogP contribution in [0.3, 0.4) is 0 Å². The third kappa shape index (κ3) is 3.57. The fourth-order valence-corrected chi connectivity index (χ4v) is 3.06. The summed E-state index contributed by atoms with van der Waals surface area (Å²) in [4.78, 5) is 14.5. The third-order valence-electron chi connectivity index (χ3n) is 4.31. The van der Waals surface area contributed by atoms with E-state index in [0.717, 1.165) is 42.4 Å². The van der Waals surface area contributed by atoms with Gasteiger partial charge in [0.15, 0.2) is 0 Å². The summed E-state index contributed by atoms with van der Waals surface area (Å²) in [5, 5.41) is 6.82. The Bertz CT molecular complexity index is 676. The molecule has 1 aliphatic heterocycles. The lowest BCUT2D eigenvalue weighted by molar-refractivity contribution is 0.118. The maximum atomic E-state index is 12.6. The molecule has 2 aromatic heterocycles. The number of likely N-dealkylation sites (tertiary alicyclic amines) is 1. The topological polar surface area (TPSA) is 71.5 Å². The average molecular weight is 317 g/mol. The van der Waals surface area contributed by atoms with Crippen LogP contribution in [0.4, 0.5) is 4.79 Å². The van der Waals surface area contributed by atoms with Gasteiger partial charge in [-0.1, -0.05) is 12.1 Å². The van der Waals surface area contributed by atoms with E-state index in [4.69, 9.17) is 8.94 Å². The van der Waals surface area contributed by atoms with E-state index in [0.29, 0.717) is 12.5 Å². The second-order valence-corrected chi connectivity index (χ2v) is 6.37. The minimum atomic E-state index is -0.0865. The maximum Gasteiger partial charge on any atom is 0.318 e. The molecular formula is C17H23N3O3. The summed E-state index contributed by atoms with van der Waals surface area (Å²) in [7, 11) is 0. The van der Waals surface area contributed by atoms with E-state index in [1.165, 1.54) is 0 Å². The number of hydrogen-bond acceptors (Lipinski definition) is 4. The zero-order valence-corrected chi connectivity index (χ0v) is 13.8. The van der Waals surface area contributed by atoms with Crippen molar-refractivity contribution in [2.45, 2.75) is 46.2 Å². The Hall–Kier alpha value is -2.24. The van der Waals surface area contributed by atoms with Crippen LogP contribution in [-0.2, 0) is 6.54 Å². The van der Waals surface area contributed by atoms with Gasteiger partial charge in [0.2, 0.25) is 0 Å². The number of carbonyl (C=O) groups excluding carboxylic acids is 1. The van der Waals surface area contributed by atoms with Crippen molar-refractivity contribution in [3.63, 3.8) is 0 Å². The largest absolute Gasteiger partial charge is 0.464 e. The molecule has 1 saturated heterocycles. The van der Waals surface area contributed by atoms with Crippen molar-refractivity contribution >= 4 is 6.03 Å². The Morgan fingerprint density at radius 2 is 2.22 bits per heavy atom. The van der Waals surface area contributed by atoms with Crippen LogP contribution in [0.15, 0.2) is 27.1 Å². The van der Waals surface area contributed by atoms with E-state index in [9.17, 15) is 4.79 Å². The van der Waals surface area contributed by atoms with E-state index >= 15 is 0 Å². The number of carbonyl (C=O) groups is 1. The second-order valence-electron chi connectivity index (χ2n) is 6.37. The molecule has 124 valence electrons. The van der Waals surface area contributed by atoms with Gasteiger partial charge in [-0.2, -0.15) is 0 Å². The van der Waals surface area contributed by atoms with Gasteiger partial charge in [0.1, 0.15) is 23.0 Å². The lowest BCUT2D eigenvalue weighted by Crippen LogP contribution is -2.45. The van der Waals surface area contributed by atoms with Crippen molar-refractivity contribution in [1.82, 2.24) is 15.4 Å². The highest BCUT2D eigenvalue weighted by Crippen LogP contribution is 2.34. The molecule has 2 amide bonds. The van der Waals surface area contributed by atoms with E-state index in [1.807, 2.05) is 36.9 Å². The van der Waals surface area contributed by atoms with Gasteiger partial charge in [-0.25, -0.2) is 4.79 Å². The quantitative estimate of drug-likeness (QED) is 0.939. The zero-order valence-electron chi connectivity index (χ0n) is 13.8. The summed E-state index contributed by atoms with van der Waals surface area (Å²) in [6.45, 7) is 7.07. The van der Waals surface area contributed by atoms with Crippen LogP contribution in [0.25, 0.3) is 0 Å². The molecule has 2 aromatic rings. The lowest BCUT2D eigenvalue weighted by Gasteiger charge is -2.37. The molecule has 0 aromatic carbocycles. The predicted octanol–water partition coefficient (Wildman–Crippen LogP) is 3.57. The molecule has 0 unspecified atom stereocenters. The molecule has 23 heavy (non-hydrogen) atoms. The monoisotopic (exact) mass is 317 g/mol. The van der Waals surface area contributed by atoms with Crippen LogP contribution in [0.2, 0.25) is 0 Å². The van der Waals surface area contributed by atoms with Gasteiger partial charge < -0.3 is 19.2 Å². The Morgan fingerprint density at radius 1 is 1.39 bits per heavy atom. The van der Waals surface area contributed by atoms with Crippen LogP contribution in [0.5, 0.6) is 0 Å². The first-order chi connectivity index (χ1) is 11.0. The smallest absolute Gasteiger partial charge is 0.318 e. The molecule has 0 saturated carbocycles. The normalized spacial score (nSPS) is 21.4. The van der Waals surface area contributed by atoms with Gasteiger partial charge in [-0.05, 0) is 44.7 Å². The first-order valence-electron chi connectivity index (χ1n) is 8.06. The van der Waals surface area contributed by atoms with E-state index < -0.39 is 0 Å². The molecule has 0 aliphatic carbocycles. The minimum Gasteiger partial charge on any atom is -0.464 e. The van der Waals surface area contributed by atoms with Crippen LogP contribution in [0, 0.1) is 19.8 Å². The molecule has 0 bridgehead atoms. The van der Waals surface area contributed by atoms with E-state index in [2.05, 4.69) is 17.4 Å². The van der Waals surface area contributed by atoms with Gasteiger partial charge >= 0.3 is 6.03 Å². The number of rotatable bonds is 3. The molecule has 6 nitrogen and oxygen atoms in total. The number of urea groups is 1. The summed E-state index contributed by atoms with van der Waals surface area (Å²) in [5.41, 5.74) is 0.728. The van der Waals surface area contributed by atoms with Crippen molar-refractivity contribution in [2.75, 3.05) is 6.54 Å². The van der Waals surface area contributed by atoms with Gasteiger partial charge in [0.25, 0.3) is 0 Å². The Labute approximate surface area is 135 Å². The number of nitrogens with zero attached hydrogens (tertiary/aromatic N) is 2. The summed E-state index contributed by atoms with van der Waals surface area (Å²) >= 11 is 0. The molecule has 1 N–H and O–H groups in total. The summed E-state index contributed by atoms with van der Waals surface area (Å²) < 4.78 is 10.8. The molecule has 3 rings (SSSR count). The average Bonchev–Trinajstić information content (AvgIpc) is 3.13. The van der Waals surface area contributed by atoms with E-state index in [1.54, 1.807) is 0 Å². The second kappa shape index (κ2) is 6.48. The molecule has 6 heteroatoms. The van der Waals surface area contributed by atoms with Crippen LogP contribution in [-0.4, -0.2) is 22.6 Å². The molecule has 0 radical (unpaired) electrons. The Balaban J connectivity index is 1.68. The predicted molar refractivity (Wildman–Crippen MR) is 84.8 cm³/mol. The molecule has 1 aliphatic rings. The summed E-state index contributed by atoms with van der Waals surface area (Å²) in [6.07, 6.45) is 1.93. The number of nitrogens with one attached hydrogen (secondary N) is 1. The fraction of sp³-hybridized carbons (Fsp3) is 0.529. The van der Waals surface area contributed by atoms with Crippen molar-refractivity contribution in [2.24, 2.45) is 5.92 Å². The zero-order chi connectivity index (χ0) is 16.4. The number of piperidine rings is 1. The van der Waals surface area contributed by atoms with Crippen LogP contribution >= 0.6 is 0 Å². The lowest BCUT2D eigenvalue weighted by atomic mass is 9.91. The third-order valence-corrected chi connectivity index (χ3v) is 4.31. The minimum absolute atomic E-state index is 0.00787. The van der Waals surface area contributed by atoms with Crippen molar-refractivity contribution in [3.05, 3.63) is 41.2 Å². The maximum absolute atomic E-state index is 12.6. The molecule has 2 atom stereocenters. The van der Waals surface area contributed by atoms with Gasteiger partial charge in [-0.3, -0.25) is 0 Å². The molecule has 3 heterocycles. The number of aryl methyl sites for hydroxylation is 2. The Kier molecular flexibility index (Phi) is 4.41. The molecule has 1 fully saturated rings. The van der Waals surface area contributed by atoms with Crippen LogP contribution < -0.4 is 5.32 Å².